The number of nitrogens with zero attached hydrogens (tertiary/aromatic N) is 1. The molecule has 2 atom stereocenters. The lowest BCUT2D eigenvalue weighted by molar-refractivity contribution is -0.142. The average molecular weight is 253 g/mol. The minimum Gasteiger partial charge on any atom is -0.468 e. The maximum Gasteiger partial charge on any atom is 0.319 e. The molecule has 0 spiro atoms. The van der Waals surface area contributed by atoms with Crippen LogP contribution in [-0.2, 0) is 9.53 Å². The first-order chi connectivity index (χ1) is 8.70. The van der Waals surface area contributed by atoms with E-state index in [4.69, 9.17) is 4.42 Å². The first kappa shape index (κ1) is 13.1. The van der Waals surface area contributed by atoms with Crippen LogP contribution >= 0.6 is 0 Å². The van der Waals surface area contributed by atoms with Gasteiger partial charge in [-0.1, -0.05) is 0 Å². The summed E-state index contributed by atoms with van der Waals surface area (Å²) in [6, 6.07) is 3.74. The number of hydrogen-bond acceptors (Lipinski definition) is 5. The third-order valence-corrected chi connectivity index (χ3v) is 3.43. The summed E-state index contributed by atoms with van der Waals surface area (Å²) in [7, 11) is 1.39. The fraction of sp³-hybridized carbons (Fsp3) is 0.615. The largest absolute Gasteiger partial charge is 0.468 e. The van der Waals surface area contributed by atoms with Gasteiger partial charge in [0.1, 0.15) is 11.9 Å². The fourth-order valence-electron chi connectivity index (χ4n) is 2.46. The zero-order valence-electron chi connectivity index (χ0n) is 10.5. The molecule has 0 aliphatic carbocycles. The lowest BCUT2D eigenvalue weighted by Crippen LogP contribution is -2.35. The van der Waals surface area contributed by atoms with E-state index in [1.165, 1.54) is 7.11 Å². The van der Waals surface area contributed by atoms with Crippen molar-refractivity contribution >= 4 is 5.97 Å². The van der Waals surface area contributed by atoms with Crippen molar-refractivity contribution in [1.82, 2.24) is 4.90 Å². The van der Waals surface area contributed by atoms with Gasteiger partial charge in [-0.25, -0.2) is 0 Å². The zero-order chi connectivity index (χ0) is 13.0. The number of rotatable bonds is 5. The van der Waals surface area contributed by atoms with E-state index in [1.54, 1.807) is 18.4 Å². The summed E-state index contributed by atoms with van der Waals surface area (Å²) in [5, 5.41) is 10.0. The van der Waals surface area contributed by atoms with Crippen LogP contribution in [0.5, 0.6) is 0 Å². The first-order valence-electron chi connectivity index (χ1n) is 6.23. The van der Waals surface area contributed by atoms with E-state index in [0.29, 0.717) is 18.7 Å². The number of carbonyl (C=O) groups is 1. The molecule has 5 nitrogen and oxygen atoms in total. The van der Waals surface area contributed by atoms with Crippen LogP contribution in [0.2, 0.25) is 0 Å². The Bertz CT molecular complexity index is 376. The first-order valence-corrected chi connectivity index (χ1v) is 6.23. The second-order valence-corrected chi connectivity index (χ2v) is 4.61. The van der Waals surface area contributed by atoms with Crippen molar-refractivity contribution < 1.29 is 19.1 Å². The van der Waals surface area contributed by atoms with Gasteiger partial charge in [-0.3, -0.25) is 9.69 Å². The van der Waals surface area contributed by atoms with Crippen molar-refractivity contribution in [3.05, 3.63) is 24.2 Å². The Hall–Kier alpha value is -1.33. The van der Waals surface area contributed by atoms with E-state index in [2.05, 4.69) is 9.64 Å². The molecule has 1 N–H and O–H groups in total. The Morgan fingerprint density at radius 1 is 1.72 bits per heavy atom. The van der Waals surface area contributed by atoms with Gasteiger partial charge in [-0.15, -0.1) is 0 Å². The van der Waals surface area contributed by atoms with Crippen molar-refractivity contribution in [3.63, 3.8) is 0 Å². The molecular formula is C13H19NO4. The minimum absolute atomic E-state index is 0.212. The number of esters is 1. The highest BCUT2D eigenvalue weighted by molar-refractivity contribution is 5.71. The average Bonchev–Trinajstić information content (AvgIpc) is 3.01. The van der Waals surface area contributed by atoms with E-state index in [1.807, 2.05) is 0 Å². The summed E-state index contributed by atoms with van der Waals surface area (Å²) in [5.74, 6) is 0.356. The van der Waals surface area contributed by atoms with Gasteiger partial charge >= 0.3 is 5.97 Å². The SMILES string of the molecule is COC(=O)CN1CCCC1CC(O)c1ccco1. The molecule has 100 valence electrons. The lowest BCUT2D eigenvalue weighted by atomic mass is 10.1. The molecule has 2 rings (SSSR count). The number of ether oxygens (including phenoxy) is 1. The third kappa shape index (κ3) is 3.11. The van der Waals surface area contributed by atoms with Gasteiger partial charge in [0.15, 0.2) is 0 Å². The number of hydrogen-bond donors (Lipinski definition) is 1. The van der Waals surface area contributed by atoms with Gasteiger partial charge in [0.25, 0.3) is 0 Å². The maximum absolute atomic E-state index is 11.3. The molecule has 1 fully saturated rings. The van der Waals surface area contributed by atoms with Crippen LogP contribution in [0.3, 0.4) is 0 Å². The summed E-state index contributed by atoms with van der Waals surface area (Å²) < 4.78 is 9.86. The molecule has 1 saturated heterocycles. The van der Waals surface area contributed by atoms with Gasteiger partial charge in [-0.05, 0) is 37.9 Å². The molecule has 18 heavy (non-hydrogen) atoms. The van der Waals surface area contributed by atoms with Crippen LogP contribution in [0.1, 0.15) is 31.1 Å². The Morgan fingerprint density at radius 3 is 3.22 bits per heavy atom. The smallest absolute Gasteiger partial charge is 0.319 e. The van der Waals surface area contributed by atoms with Crippen LogP contribution in [0.15, 0.2) is 22.8 Å². The molecule has 2 unspecified atom stereocenters. The van der Waals surface area contributed by atoms with Gasteiger partial charge in [-0.2, -0.15) is 0 Å². The Kier molecular flexibility index (Phi) is 4.38. The van der Waals surface area contributed by atoms with Crippen LogP contribution in [0.25, 0.3) is 0 Å². The molecule has 5 heteroatoms. The molecule has 1 aromatic heterocycles. The summed E-state index contributed by atoms with van der Waals surface area (Å²) in [6.07, 6.45) is 3.58. The quantitative estimate of drug-likeness (QED) is 0.802. The predicted octanol–water partition coefficient (Wildman–Crippen LogP) is 1.34. The second-order valence-electron chi connectivity index (χ2n) is 4.61. The highest BCUT2D eigenvalue weighted by Crippen LogP contribution is 2.27. The highest BCUT2D eigenvalue weighted by atomic mass is 16.5. The number of methoxy groups -OCH3 is 1. The number of furan rings is 1. The Morgan fingerprint density at radius 2 is 2.56 bits per heavy atom. The number of aliphatic hydroxyl groups is 1. The number of aliphatic hydroxyl groups excluding tert-OH is 1. The minimum atomic E-state index is -0.608. The van der Waals surface area contributed by atoms with Gasteiger partial charge < -0.3 is 14.3 Å². The molecule has 0 radical (unpaired) electrons. The molecule has 0 aromatic carbocycles. The number of likely N-dealkylation sites (tertiary alicyclic amines) is 1. The Balaban J connectivity index is 1.89. The van der Waals surface area contributed by atoms with E-state index < -0.39 is 6.10 Å². The lowest BCUT2D eigenvalue weighted by Gasteiger charge is -2.24. The van der Waals surface area contributed by atoms with Crippen molar-refractivity contribution in [2.45, 2.75) is 31.4 Å². The van der Waals surface area contributed by atoms with Gasteiger partial charge in [0, 0.05) is 6.04 Å². The standard InChI is InChI=1S/C13H19NO4/c1-17-13(16)9-14-6-2-4-10(14)8-11(15)12-5-3-7-18-12/h3,5,7,10-11,15H,2,4,6,8-9H2,1H3. The summed E-state index contributed by atoms with van der Waals surface area (Å²) >= 11 is 0. The summed E-state index contributed by atoms with van der Waals surface area (Å²) in [5.41, 5.74) is 0. The van der Waals surface area contributed by atoms with Crippen LogP contribution in [-0.4, -0.2) is 42.2 Å². The fourth-order valence-corrected chi connectivity index (χ4v) is 2.46. The van der Waals surface area contributed by atoms with Crippen LogP contribution < -0.4 is 0 Å². The molecule has 0 amide bonds. The predicted molar refractivity (Wildman–Crippen MR) is 64.9 cm³/mol. The van der Waals surface area contributed by atoms with E-state index in [-0.39, 0.29) is 12.0 Å². The van der Waals surface area contributed by atoms with E-state index >= 15 is 0 Å². The molecule has 2 heterocycles. The van der Waals surface area contributed by atoms with Crippen LogP contribution in [0.4, 0.5) is 0 Å². The molecule has 0 bridgehead atoms. The third-order valence-electron chi connectivity index (χ3n) is 3.43. The van der Waals surface area contributed by atoms with Crippen molar-refractivity contribution in [2.75, 3.05) is 20.2 Å². The van der Waals surface area contributed by atoms with Crippen molar-refractivity contribution in [3.8, 4) is 0 Å². The zero-order valence-corrected chi connectivity index (χ0v) is 10.5. The molecule has 1 aliphatic rings. The number of carbonyl (C=O) groups excluding carboxylic acids is 1. The summed E-state index contributed by atoms with van der Waals surface area (Å²) in [6.45, 7) is 1.18. The van der Waals surface area contributed by atoms with Gasteiger partial charge in [0.2, 0.25) is 0 Å². The molecular weight excluding hydrogens is 234 g/mol. The second kappa shape index (κ2) is 6.02. The molecule has 1 aliphatic heterocycles. The molecule has 0 saturated carbocycles. The van der Waals surface area contributed by atoms with Crippen molar-refractivity contribution in [1.29, 1.82) is 0 Å². The Labute approximate surface area is 106 Å². The summed E-state index contributed by atoms with van der Waals surface area (Å²) in [4.78, 5) is 13.4. The topological polar surface area (TPSA) is 62.9 Å². The maximum atomic E-state index is 11.3. The van der Waals surface area contributed by atoms with E-state index in [9.17, 15) is 9.90 Å². The highest BCUT2D eigenvalue weighted by Gasteiger charge is 2.29. The van der Waals surface area contributed by atoms with E-state index in [0.717, 1.165) is 19.4 Å². The monoisotopic (exact) mass is 253 g/mol. The normalized spacial score (nSPS) is 22.0. The van der Waals surface area contributed by atoms with Crippen LogP contribution in [0, 0.1) is 0 Å². The molecule has 1 aromatic rings. The van der Waals surface area contributed by atoms with Gasteiger partial charge in [0.05, 0.1) is 19.9 Å². The van der Waals surface area contributed by atoms with Crippen molar-refractivity contribution in [2.24, 2.45) is 0 Å².